The first-order valence-electron chi connectivity index (χ1n) is 10.5. The van der Waals surface area contributed by atoms with E-state index in [2.05, 4.69) is 15.4 Å². The molecule has 3 heterocycles. The molecular formula is C22H28N4O4. The van der Waals surface area contributed by atoms with Gasteiger partial charge in [-0.25, -0.2) is 0 Å². The summed E-state index contributed by atoms with van der Waals surface area (Å²) in [5.41, 5.74) is 2.91. The maximum atomic E-state index is 12.5. The van der Waals surface area contributed by atoms with Gasteiger partial charge in [0, 0.05) is 57.3 Å². The van der Waals surface area contributed by atoms with Crippen molar-refractivity contribution >= 4 is 17.5 Å². The predicted octanol–water partition coefficient (Wildman–Crippen LogP) is 2.37. The van der Waals surface area contributed by atoms with Crippen LogP contribution < -0.4 is 10.1 Å². The second-order valence-corrected chi connectivity index (χ2v) is 7.90. The van der Waals surface area contributed by atoms with Gasteiger partial charge in [-0.1, -0.05) is 5.16 Å². The van der Waals surface area contributed by atoms with Crippen LogP contribution in [0.1, 0.15) is 36.3 Å². The topological polar surface area (TPSA) is 87.9 Å². The first kappa shape index (κ1) is 20.4. The van der Waals surface area contributed by atoms with Crippen LogP contribution in [0.2, 0.25) is 0 Å². The number of benzene rings is 1. The Labute approximate surface area is 176 Å². The van der Waals surface area contributed by atoms with E-state index in [1.54, 1.807) is 0 Å². The van der Waals surface area contributed by atoms with E-state index in [0.717, 1.165) is 67.6 Å². The molecule has 1 aromatic heterocycles. The fourth-order valence-corrected chi connectivity index (χ4v) is 3.90. The van der Waals surface area contributed by atoms with Crippen LogP contribution in [0.4, 0.5) is 5.69 Å². The molecule has 0 aliphatic carbocycles. The zero-order chi connectivity index (χ0) is 20.9. The van der Waals surface area contributed by atoms with Crippen molar-refractivity contribution in [2.24, 2.45) is 0 Å². The van der Waals surface area contributed by atoms with Gasteiger partial charge >= 0.3 is 0 Å². The van der Waals surface area contributed by atoms with Crippen LogP contribution in [0.3, 0.4) is 0 Å². The number of fused-ring (bicyclic) bond motifs is 1. The average Bonchev–Trinajstić information content (AvgIpc) is 3.16. The molecule has 1 saturated heterocycles. The molecule has 2 aromatic rings. The number of carbonyl (C=O) groups excluding carboxylic acids is 2. The molecule has 8 heteroatoms. The second kappa shape index (κ2) is 9.30. The molecule has 1 aromatic carbocycles. The summed E-state index contributed by atoms with van der Waals surface area (Å²) >= 11 is 0. The van der Waals surface area contributed by atoms with Gasteiger partial charge in [-0.05, 0) is 43.5 Å². The van der Waals surface area contributed by atoms with Crippen molar-refractivity contribution in [3.63, 3.8) is 0 Å². The molecular weight excluding hydrogens is 384 g/mol. The van der Waals surface area contributed by atoms with Crippen molar-refractivity contribution in [1.29, 1.82) is 0 Å². The number of nitrogens with zero attached hydrogens (tertiary/aromatic N) is 3. The van der Waals surface area contributed by atoms with Gasteiger partial charge in [-0.15, -0.1) is 0 Å². The van der Waals surface area contributed by atoms with Crippen molar-refractivity contribution in [3.8, 4) is 5.75 Å². The fraction of sp³-hybridized carbons (Fsp3) is 0.500. The molecule has 2 aliphatic rings. The number of amides is 2. The summed E-state index contributed by atoms with van der Waals surface area (Å²) < 4.78 is 10.9. The number of hydrogen-bond donors (Lipinski definition) is 1. The minimum atomic E-state index is 0.0590. The zero-order valence-electron chi connectivity index (χ0n) is 17.4. The van der Waals surface area contributed by atoms with E-state index in [4.69, 9.17) is 9.26 Å². The number of rotatable bonds is 7. The summed E-state index contributed by atoms with van der Waals surface area (Å²) in [6, 6.07) is 7.68. The summed E-state index contributed by atoms with van der Waals surface area (Å²) in [4.78, 5) is 28.1. The molecule has 160 valence electrons. The maximum Gasteiger partial charge on any atom is 0.224 e. The molecule has 0 atom stereocenters. The van der Waals surface area contributed by atoms with Crippen molar-refractivity contribution < 1.29 is 18.8 Å². The lowest BCUT2D eigenvalue weighted by Gasteiger charge is -2.34. The van der Waals surface area contributed by atoms with Gasteiger partial charge in [-0.2, -0.15) is 0 Å². The van der Waals surface area contributed by atoms with E-state index in [-0.39, 0.29) is 11.8 Å². The number of carbonyl (C=O) groups is 2. The first-order valence-corrected chi connectivity index (χ1v) is 10.5. The lowest BCUT2D eigenvalue weighted by atomic mass is 10.0. The maximum absolute atomic E-state index is 12.5. The molecule has 8 nitrogen and oxygen atoms in total. The highest BCUT2D eigenvalue weighted by Gasteiger charge is 2.21. The zero-order valence-corrected chi connectivity index (χ0v) is 17.4. The molecule has 0 unspecified atom stereocenters. The molecule has 30 heavy (non-hydrogen) atoms. The van der Waals surface area contributed by atoms with Crippen LogP contribution in [0.5, 0.6) is 5.75 Å². The van der Waals surface area contributed by atoms with Gasteiger partial charge in [0.05, 0.1) is 12.3 Å². The Hall–Kier alpha value is -2.87. The third-order valence-corrected chi connectivity index (χ3v) is 5.56. The first-order chi connectivity index (χ1) is 14.6. The second-order valence-electron chi connectivity index (χ2n) is 7.90. The highest BCUT2D eigenvalue weighted by atomic mass is 16.5. The van der Waals surface area contributed by atoms with E-state index < -0.39 is 0 Å². The molecule has 2 aliphatic heterocycles. The minimum absolute atomic E-state index is 0.0590. The van der Waals surface area contributed by atoms with Crippen molar-refractivity contribution in [2.45, 2.75) is 39.2 Å². The lowest BCUT2D eigenvalue weighted by Crippen LogP contribution is -2.48. The van der Waals surface area contributed by atoms with E-state index in [9.17, 15) is 9.59 Å². The molecule has 0 radical (unpaired) electrons. The van der Waals surface area contributed by atoms with Crippen LogP contribution in [-0.4, -0.2) is 59.6 Å². The number of ether oxygens (including phenoxy) is 1. The molecule has 0 spiro atoms. The van der Waals surface area contributed by atoms with Crippen LogP contribution in [0, 0.1) is 6.92 Å². The summed E-state index contributed by atoms with van der Waals surface area (Å²) in [5.74, 6) is 1.85. The van der Waals surface area contributed by atoms with Gasteiger partial charge < -0.3 is 19.5 Å². The van der Waals surface area contributed by atoms with E-state index in [1.807, 2.05) is 36.1 Å². The third-order valence-electron chi connectivity index (χ3n) is 5.56. The van der Waals surface area contributed by atoms with Gasteiger partial charge in [0.2, 0.25) is 11.8 Å². The molecule has 1 fully saturated rings. The Morgan fingerprint density at radius 3 is 2.80 bits per heavy atom. The normalized spacial score (nSPS) is 16.8. The SMILES string of the molecule is Cc1cc(CN2CCN(C(=O)CCCOc3ccc4c(c3)CCC(=O)N4)CC2)no1. The Morgan fingerprint density at radius 2 is 2.03 bits per heavy atom. The summed E-state index contributed by atoms with van der Waals surface area (Å²) in [5, 5.41) is 6.90. The van der Waals surface area contributed by atoms with Crippen molar-refractivity contribution in [2.75, 3.05) is 38.1 Å². The largest absolute Gasteiger partial charge is 0.494 e. The number of nitrogens with one attached hydrogen (secondary N) is 1. The molecule has 4 rings (SSSR count). The highest BCUT2D eigenvalue weighted by molar-refractivity contribution is 5.94. The van der Waals surface area contributed by atoms with Crippen molar-refractivity contribution in [3.05, 3.63) is 41.3 Å². The van der Waals surface area contributed by atoms with Gasteiger partial charge in [0.1, 0.15) is 11.5 Å². The van der Waals surface area contributed by atoms with Crippen LogP contribution >= 0.6 is 0 Å². The summed E-state index contributed by atoms with van der Waals surface area (Å²) in [6.45, 7) is 6.33. The van der Waals surface area contributed by atoms with E-state index >= 15 is 0 Å². The lowest BCUT2D eigenvalue weighted by molar-refractivity contribution is -0.133. The monoisotopic (exact) mass is 412 g/mol. The molecule has 0 saturated carbocycles. The number of anilines is 1. The molecule has 0 bridgehead atoms. The number of aromatic nitrogens is 1. The summed E-state index contributed by atoms with van der Waals surface area (Å²) in [6.07, 6.45) is 2.42. The number of piperazine rings is 1. The Balaban J connectivity index is 1.15. The average molecular weight is 412 g/mol. The number of hydrogen-bond acceptors (Lipinski definition) is 6. The summed E-state index contributed by atoms with van der Waals surface area (Å²) in [7, 11) is 0. The number of aryl methyl sites for hydroxylation is 2. The van der Waals surface area contributed by atoms with Crippen LogP contribution in [-0.2, 0) is 22.6 Å². The highest BCUT2D eigenvalue weighted by Crippen LogP contribution is 2.26. The predicted molar refractivity (Wildman–Crippen MR) is 111 cm³/mol. The minimum Gasteiger partial charge on any atom is -0.494 e. The van der Waals surface area contributed by atoms with E-state index in [1.165, 1.54) is 0 Å². The quantitative estimate of drug-likeness (QED) is 0.703. The third kappa shape index (κ3) is 5.18. The standard InChI is InChI=1S/C22H28N4O4/c1-16-13-18(24-30-16)15-25-8-10-26(11-9-25)22(28)3-2-12-29-19-5-6-20-17(14-19)4-7-21(27)23-20/h5-6,13-14H,2-4,7-12,15H2,1H3,(H,23,27). The van der Waals surface area contributed by atoms with Gasteiger partial charge in [0.15, 0.2) is 0 Å². The van der Waals surface area contributed by atoms with Gasteiger partial charge in [0.25, 0.3) is 0 Å². The fourth-order valence-electron chi connectivity index (χ4n) is 3.90. The van der Waals surface area contributed by atoms with E-state index in [0.29, 0.717) is 25.9 Å². The molecule has 2 amide bonds. The van der Waals surface area contributed by atoms with Gasteiger partial charge in [-0.3, -0.25) is 14.5 Å². The molecule has 1 N–H and O–H groups in total. The van der Waals surface area contributed by atoms with Crippen LogP contribution in [0.25, 0.3) is 0 Å². The Morgan fingerprint density at radius 1 is 1.20 bits per heavy atom. The Bertz CT molecular complexity index is 902. The Kier molecular flexibility index (Phi) is 6.32. The van der Waals surface area contributed by atoms with Crippen LogP contribution in [0.15, 0.2) is 28.8 Å². The van der Waals surface area contributed by atoms with Crippen molar-refractivity contribution in [1.82, 2.24) is 15.0 Å². The smallest absolute Gasteiger partial charge is 0.224 e.